The number of halogens is 2. The van der Waals surface area contributed by atoms with Crippen LogP contribution in [0.2, 0.25) is 5.02 Å². The van der Waals surface area contributed by atoms with Gasteiger partial charge < -0.3 is 15.4 Å². The lowest BCUT2D eigenvalue weighted by molar-refractivity contribution is -0.121. The van der Waals surface area contributed by atoms with Crippen molar-refractivity contribution in [3.63, 3.8) is 0 Å². The van der Waals surface area contributed by atoms with Crippen LogP contribution < -0.4 is 15.4 Å². The molecule has 31 heavy (non-hydrogen) atoms. The van der Waals surface area contributed by atoms with Crippen molar-refractivity contribution in [1.82, 2.24) is 4.31 Å². The number of piperidine rings is 1. The van der Waals surface area contributed by atoms with E-state index in [-0.39, 0.29) is 65.7 Å². The van der Waals surface area contributed by atoms with Gasteiger partial charge in [-0.1, -0.05) is 23.7 Å². The number of rotatable bonds is 4. The maximum Gasteiger partial charge on any atom is 0.262 e. The van der Waals surface area contributed by atoms with Crippen LogP contribution in [0.25, 0.3) is 0 Å². The van der Waals surface area contributed by atoms with E-state index in [9.17, 15) is 22.4 Å². The van der Waals surface area contributed by atoms with E-state index in [1.807, 2.05) is 0 Å². The Morgan fingerprint density at radius 3 is 2.65 bits per heavy atom. The smallest absolute Gasteiger partial charge is 0.262 e. The SMILES string of the molecule is O=C1COc2cc(S(=O)(=O)N3CCC(C(=O)Nc4ccccc4F)CC3)c(Cl)cc2N1. The maximum absolute atomic E-state index is 13.8. The van der Waals surface area contributed by atoms with E-state index in [4.69, 9.17) is 16.3 Å². The molecule has 11 heteroatoms. The van der Waals surface area contributed by atoms with Crippen LogP contribution in [0.1, 0.15) is 12.8 Å². The van der Waals surface area contributed by atoms with E-state index in [0.29, 0.717) is 5.69 Å². The minimum absolute atomic E-state index is 0.0380. The van der Waals surface area contributed by atoms with Gasteiger partial charge in [-0.15, -0.1) is 0 Å². The molecule has 2 amide bonds. The summed E-state index contributed by atoms with van der Waals surface area (Å²) in [7, 11) is -3.94. The Labute approximate surface area is 183 Å². The molecule has 2 aromatic rings. The highest BCUT2D eigenvalue weighted by Gasteiger charge is 2.34. The summed E-state index contributed by atoms with van der Waals surface area (Å²) in [6, 6.07) is 8.50. The molecule has 0 radical (unpaired) electrons. The van der Waals surface area contributed by atoms with Crippen molar-refractivity contribution in [3.8, 4) is 5.75 Å². The topological polar surface area (TPSA) is 105 Å². The first-order valence-electron chi connectivity index (χ1n) is 9.57. The number of para-hydroxylation sites is 1. The number of amides is 2. The minimum atomic E-state index is -3.94. The molecular formula is C20H19ClFN3O5S. The van der Waals surface area contributed by atoms with Crippen molar-refractivity contribution in [1.29, 1.82) is 0 Å². The Balaban J connectivity index is 1.45. The van der Waals surface area contributed by atoms with Crippen molar-refractivity contribution in [2.75, 3.05) is 30.3 Å². The fourth-order valence-electron chi connectivity index (χ4n) is 3.57. The number of ether oxygens (including phenoxy) is 1. The highest BCUT2D eigenvalue weighted by molar-refractivity contribution is 7.89. The van der Waals surface area contributed by atoms with Gasteiger partial charge in [0.1, 0.15) is 16.5 Å². The van der Waals surface area contributed by atoms with Gasteiger partial charge in [-0.2, -0.15) is 4.31 Å². The summed E-state index contributed by atoms with van der Waals surface area (Å²) in [4.78, 5) is 23.8. The Morgan fingerprint density at radius 1 is 1.23 bits per heavy atom. The second-order valence-corrected chi connectivity index (χ2v) is 9.58. The Kier molecular flexibility index (Phi) is 5.87. The van der Waals surface area contributed by atoms with Gasteiger partial charge in [0.25, 0.3) is 5.91 Å². The van der Waals surface area contributed by atoms with Gasteiger partial charge in [-0.05, 0) is 31.0 Å². The summed E-state index contributed by atoms with van der Waals surface area (Å²) < 4.78 is 46.5. The molecular weight excluding hydrogens is 449 g/mol. The Hall–Kier alpha value is -2.69. The summed E-state index contributed by atoms with van der Waals surface area (Å²) in [5.41, 5.74) is 0.402. The third-order valence-corrected chi connectivity index (χ3v) is 7.60. The summed E-state index contributed by atoms with van der Waals surface area (Å²) in [6.45, 7) is 0.0159. The van der Waals surface area contributed by atoms with E-state index in [1.54, 1.807) is 6.07 Å². The molecule has 2 aliphatic rings. The van der Waals surface area contributed by atoms with E-state index < -0.39 is 21.8 Å². The van der Waals surface area contributed by atoms with Crippen LogP contribution in [0, 0.1) is 11.7 Å². The number of carbonyl (C=O) groups is 2. The molecule has 1 fully saturated rings. The van der Waals surface area contributed by atoms with Crippen LogP contribution in [0.5, 0.6) is 5.75 Å². The lowest BCUT2D eigenvalue weighted by atomic mass is 9.97. The predicted octanol–water partition coefficient (Wildman–Crippen LogP) is 2.85. The number of nitrogens with zero attached hydrogens (tertiary/aromatic N) is 1. The number of hydrogen-bond acceptors (Lipinski definition) is 5. The monoisotopic (exact) mass is 467 g/mol. The molecule has 0 spiro atoms. The number of anilines is 2. The zero-order valence-electron chi connectivity index (χ0n) is 16.2. The van der Waals surface area contributed by atoms with Crippen molar-refractivity contribution < 1.29 is 27.1 Å². The number of benzene rings is 2. The maximum atomic E-state index is 13.8. The lowest BCUT2D eigenvalue weighted by Crippen LogP contribution is -2.41. The van der Waals surface area contributed by atoms with Gasteiger partial charge in [0, 0.05) is 25.1 Å². The summed E-state index contributed by atoms with van der Waals surface area (Å²) in [5, 5.41) is 5.09. The van der Waals surface area contributed by atoms with E-state index in [0.717, 1.165) is 0 Å². The Morgan fingerprint density at radius 2 is 1.94 bits per heavy atom. The average molecular weight is 468 g/mol. The van der Waals surface area contributed by atoms with Gasteiger partial charge in [-0.25, -0.2) is 12.8 Å². The van der Waals surface area contributed by atoms with Crippen molar-refractivity contribution >= 4 is 44.8 Å². The molecule has 0 bridgehead atoms. The molecule has 0 atom stereocenters. The largest absolute Gasteiger partial charge is 0.482 e. The summed E-state index contributed by atoms with van der Waals surface area (Å²) in [6.07, 6.45) is 0.573. The van der Waals surface area contributed by atoms with Crippen LogP contribution in [0.15, 0.2) is 41.3 Å². The van der Waals surface area contributed by atoms with Crippen molar-refractivity contribution in [2.45, 2.75) is 17.7 Å². The zero-order valence-corrected chi connectivity index (χ0v) is 17.8. The van der Waals surface area contributed by atoms with Crippen LogP contribution in [-0.4, -0.2) is 44.2 Å². The van der Waals surface area contributed by atoms with Crippen molar-refractivity contribution in [3.05, 3.63) is 47.2 Å². The lowest BCUT2D eigenvalue weighted by Gasteiger charge is -2.31. The van der Waals surface area contributed by atoms with Crippen LogP contribution in [0.3, 0.4) is 0 Å². The third kappa shape index (κ3) is 4.36. The standard InChI is InChI=1S/C20H19ClFN3O5S/c21-13-9-16-17(30-11-19(26)23-16)10-18(13)31(28,29)25-7-5-12(6-8-25)20(27)24-15-4-2-1-3-14(15)22/h1-4,9-10,12H,5-8,11H2,(H,23,26)(H,24,27). The molecule has 0 aliphatic carbocycles. The molecule has 0 unspecified atom stereocenters. The fourth-order valence-corrected chi connectivity index (χ4v) is 5.56. The fraction of sp³-hybridized carbons (Fsp3) is 0.300. The molecule has 2 aromatic carbocycles. The first-order valence-corrected chi connectivity index (χ1v) is 11.4. The van der Waals surface area contributed by atoms with Gasteiger partial charge in [0.15, 0.2) is 6.61 Å². The molecule has 4 rings (SSSR count). The number of sulfonamides is 1. The molecule has 164 valence electrons. The first-order chi connectivity index (χ1) is 14.8. The molecule has 2 heterocycles. The highest BCUT2D eigenvalue weighted by atomic mass is 35.5. The van der Waals surface area contributed by atoms with Gasteiger partial charge in [0.2, 0.25) is 15.9 Å². The molecule has 2 N–H and O–H groups in total. The molecule has 0 saturated carbocycles. The van der Waals surface area contributed by atoms with E-state index >= 15 is 0 Å². The predicted molar refractivity (Wildman–Crippen MR) is 112 cm³/mol. The summed E-state index contributed by atoms with van der Waals surface area (Å²) in [5.74, 6) is -1.45. The Bertz CT molecular complexity index is 1150. The number of nitrogens with one attached hydrogen (secondary N) is 2. The number of hydrogen-bond donors (Lipinski definition) is 2. The van der Waals surface area contributed by atoms with Crippen LogP contribution in [-0.2, 0) is 19.6 Å². The number of fused-ring (bicyclic) bond motifs is 1. The minimum Gasteiger partial charge on any atom is -0.482 e. The second-order valence-electron chi connectivity index (χ2n) is 7.26. The van der Waals surface area contributed by atoms with E-state index in [1.165, 1.54) is 34.6 Å². The molecule has 2 aliphatic heterocycles. The molecule has 1 saturated heterocycles. The zero-order chi connectivity index (χ0) is 22.2. The van der Waals surface area contributed by atoms with Gasteiger partial charge in [-0.3, -0.25) is 9.59 Å². The first kappa shape index (κ1) is 21.5. The van der Waals surface area contributed by atoms with Gasteiger partial charge >= 0.3 is 0 Å². The van der Waals surface area contributed by atoms with Gasteiger partial charge in [0.05, 0.1) is 16.4 Å². The molecule has 0 aromatic heterocycles. The van der Waals surface area contributed by atoms with Crippen LogP contribution >= 0.6 is 11.6 Å². The second kappa shape index (κ2) is 8.45. The average Bonchev–Trinajstić information content (AvgIpc) is 2.74. The number of carbonyl (C=O) groups excluding carboxylic acids is 2. The van der Waals surface area contributed by atoms with Crippen LogP contribution in [0.4, 0.5) is 15.8 Å². The summed E-state index contributed by atoms with van der Waals surface area (Å²) >= 11 is 6.18. The third-order valence-electron chi connectivity index (χ3n) is 5.24. The van der Waals surface area contributed by atoms with E-state index in [2.05, 4.69) is 10.6 Å². The van der Waals surface area contributed by atoms with Crippen molar-refractivity contribution in [2.24, 2.45) is 5.92 Å². The highest BCUT2D eigenvalue weighted by Crippen LogP contribution is 2.37. The molecule has 8 nitrogen and oxygen atoms in total. The normalized spacial score (nSPS) is 17.4. The quantitative estimate of drug-likeness (QED) is 0.719.